The molecule has 1 aromatic heterocycles. The Labute approximate surface area is 167 Å². The number of carbonyl (C=O) groups excluding carboxylic acids is 1. The van der Waals surface area contributed by atoms with Gasteiger partial charge in [0.05, 0.1) is 4.90 Å². The summed E-state index contributed by atoms with van der Waals surface area (Å²) in [4.78, 5) is 12.8. The molecule has 1 aromatic carbocycles. The van der Waals surface area contributed by atoms with Gasteiger partial charge in [-0.3, -0.25) is 10.1 Å². The summed E-state index contributed by atoms with van der Waals surface area (Å²) < 4.78 is 28.3. The van der Waals surface area contributed by atoms with Crippen LogP contribution in [-0.4, -0.2) is 48.2 Å². The van der Waals surface area contributed by atoms with Gasteiger partial charge in [0.25, 0.3) is 5.91 Å². The van der Waals surface area contributed by atoms with Gasteiger partial charge < -0.3 is 0 Å². The fourth-order valence-electron chi connectivity index (χ4n) is 2.94. The Morgan fingerprint density at radius 3 is 2.52 bits per heavy atom. The van der Waals surface area contributed by atoms with Crippen LogP contribution < -0.4 is 5.32 Å². The lowest BCUT2D eigenvalue weighted by Gasteiger charge is -2.20. The van der Waals surface area contributed by atoms with Gasteiger partial charge in [0, 0.05) is 18.7 Å². The molecule has 0 spiro atoms. The molecule has 0 atom stereocenters. The highest BCUT2D eigenvalue weighted by atomic mass is 32.2. The third-order valence-electron chi connectivity index (χ3n) is 4.46. The van der Waals surface area contributed by atoms with Crippen molar-refractivity contribution in [3.63, 3.8) is 0 Å². The number of hydrogen-bond donors (Lipinski definition) is 1. The zero-order valence-electron chi connectivity index (χ0n) is 15.3. The quantitative estimate of drug-likeness (QED) is 0.582. The average molecular weight is 427 g/mol. The molecule has 0 aliphatic carbocycles. The number of aromatic nitrogens is 2. The van der Waals surface area contributed by atoms with E-state index in [1.165, 1.54) is 33.5 Å². The summed E-state index contributed by atoms with van der Waals surface area (Å²) in [5.74, 6) is -0.385. The van der Waals surface area contributed by atoms with Gasteiger partial charge in [0.15, 0.2) is 4.34 Å². The second kappa shape index (κ2) is 8.68. The first-order valence-corrected chi connectivity index (χ1v) is 12.2. The Bertz CT molecular complexity index is 919. The molecule has 0 bridgehead atoms. The summed E-state index contributed by atoms with van der Waals surface area (Å²) in [7, 11) is -3.61. The average Bonchev–Trinajstić information content (AvgIpc) is 2.91. The predicted octanol–water partition coefficient (Wildman–Crippen LogP) is 3.39. The van der Waals surface area contributed by atoms with Gasteiger partial charge >= 0.3 is 0 Å². The number of amides is 1. The molecule has 1 fully saturated rings. The minimum atomic E-state index is -3.61. The Hall–Kier alpha value is -1.49. The summed E-state index contributed by atoms with van der Waals surface area (Å²) >= 11 is 2.73. The molecule has 27 heavy (non-hydrogen) atoms. The van der Waals surface area contributed by atoms with Crippen LogP contribution >= 0.6 is 23.1 Å². The largest absolute Gasteiger partial charge is 0.296 e. The predicted molar refractivity (Wildman–Crippen MR) is 108 cm³/mol. The number of sulfonamides is 1. The lowest BCUT2D eigenvalue weighted by atomic mass is 10.1. The summed E-state index contributed by atoms with van der Waals surface area (Å²) in [6.45, 7) is 2.84. The smallest absolute Gasteiger partial charge is 0.257 e. The highest BCUT2D eigenvalue weighted by molar-refractivity contribution is 8.00. The van der Waals surface area contributed by atoms with Crippen LogP contribution in [-0.2, 0) is 10.0 Å². The molecule has 1 N–H and O–H groups in total. The van der Waals surface area contributed by atoms with Crippen LogP contribution in [0.15, 0.2) is 27.4 Å². The molecule has 2 aromatic rings. The van der Waals surface area contributed by atoms with Gasteiger partial charge in [-0.1, -0.05) is 42.0 Å². The number of anilines is 1. The third kappa shape index (κ3) is 4.68. The standard InChI is InChI=1S/C17H22N4O3S3/c1-12-7-8-13(27(23,24)21-9-5-3-4-6-10-21)11-14(12)15(22)18-16-19-20-17(25-2)26-16/h7-8,11H,3-6,9-10H2,1-2H3,(H,18,19,22). The molecule has 1 aliphatic heterocycles. The van der Waals surface area contributed by atoms with Crippen LogP contribution in [0.3, 0.4) is 0 Å². The van der Waals surface area contributed by atoms with Crippen LogP contribution in [0, 0.1) is 6.92 Å². The van der Waals surface area contributed by atoms with Crippen molar-refractivity contribution in [3.8, 4) is 0 Å². The van der Waals surface area contributed by atoms with E-state index in [0.717, 1.165) is 30.0 Å². The van der Waals surface area contributed by atoms with E-state index < -0.39 is 10.0 Å². The minimum absolute atomic E-state index is 0.155. The highest BCUT2D eigenvalue weighted by Gasteiger charge is 2.26. The van der Waals surface area contributed by atoms with Gasteiger partial charge in [0.1, 0.15) is 0 Å². The number of hydrogen-bond acceptors (Lipinski definition) is 7. The molecule has 7 nitrogen and oxygen atoms in total. The first kappa shape index (κ1) is 20.2. The topological polar surface area (TPSA) is 92.3 Å². The third-order valence-corrected chi connectivity index (χ3v) is 8.17. The van der Waals surface area contributed by atoms with Gasteiger partial charge in [-0.15, -0.1) is 10.2 Å². The SMILES string of the molecule is CSc1nnc(NC(=O)c2cc(S(=O)(=O)N3CCCCCC3)ccc2C)s1. The monoisotopic (exact) mass is 426 g/mol. The summed E-state index contributed by atoms with van der Waals surface area (Å²) in [6.07, 6.45) is 5.72. The van der Waals surface area contributed by atoms with E-state index in [1.54, 1.807) is 19.1 Å². The van der Waals surface area contributed by atoms with Gasteiger partial charge in [0.2, 0.25) is 15.2 Å². The lowest BCUT2D eigenvalue weighted by Crippen LogP contribution is -2.32. The maximum Gasteiger partial charge on any atom is 0.257 e. The fraction of sp³-hybridized carbons (Fsp3) is 0.471. The van der Waals surface area contributed by atoms with Crippen molar-refractivity contribution in [1.29, 1.82) is 0 Å². The van der Waals surface area contributed by atoms with Crippen molar-refractivity contribution in [2.75, 3.05) is 24.7 Å². The molecule has 2 heterocycles. The van der Waals surface area contributed by atoms with Crippen molar-refractivity contribution in [1.82, 2.24) is 14.5 Å². The first-order chi connectivity index (χ1) is 12.9. The van der Waals surface area contributed by atoms with Crippen LogP contribution in [0.2, 0.25) is 0 Å². The van der Waals surface area contributed by atoms with Crippen molar-refractivity contribution < 1.29 is 13.2 Å². The fourth-order valence-corrected chi connectivity index (χ4v) is 5.65. The van der Waals surface area contributed by atoms with E-state index >= 15 is 0 Å². The van der Waals surface area contributed by atoms with Crippen molar-refractivity contribution in [3.05, 3.63) is 29.3 Å². The highest BCUT2D eigenvalue weighted by Crippen LogP contribution is 2.25. The van der Waals surface area contributed by atoms with Crippen LogP contribution in [0.5, 0.6) is 0 Å². The second-order valence-corrected chi connectivity index (χ2v) is 10.3. The minimum Gasteiger partial charge on any atom is -0.296 e. The molecule has 1 saturated heterocycles. The first-order valence-electron chi connectivity index (χ1n) is 8.71. The molecule has 10 heteroatoms. The zero-order valence-corrected chi connectivity index (χ0v) is 17.7. The molecule has 1 aliphatic rings. The van der Waals surface area contributed by atoms with E-state index in [9.17, 15) is 13.2 Å². The summed E-state index contributed by atoms with van der Waals surface area (Å²) in [5, 5.41) is 11.0. The number of aryl methyl sites for hydroxylation is 1. The number of thioether (sulfide) groups is 1. The maximum absolute atomic E-state index is 13.0. The molecule has 0 saturated carbocycles. The molecule has 146 valence electrons. The normalized spacial score (nSPS) is 16.1. The van der Waals surface area contributed by atoms with E-state index in [-0.39, 0.29) is 10.8 Å². The van der Waals surface area contributed by atoms with E-state index in [4.69, 9.17) is 0 Å². The maximum atomic E-state index is 13.0. The molecule has 0 radical (unpaired) electrons. The molecular formula is C17H22N4O3S3. The van der Waals surface area contributed by atoms with Crippen molar-refractivity contribution in [2.45, 2.75) is 41.8 Å². The molecule has 1 amide bonds. The summed E-state index contributed by atoms with van der Waals surface area (Å²) in [5.41, 5.74) is 1.03. The van der Waals surface area contributed by atoms with Crippen LogP contribution in [0.1, 0.15) is 41.6 Å². The Kier molecular flexibility index (Phi) is 6.51. The number of rotatable bonds is 5. The Morgan fingerprint density at radius 2 is 1.89 bits per heavy atom. The van der Waals surface area contributed by atoms with Crippen molar-refractivity contribution >= 4 is 44.2 Å². The number of benzene rings is 1. The lowest BCUT2D eigenvalue weighted by molar-refractivity contribution is 0.102. The number of carbonyl (C=O) groups is 1. The van der Waals surface area contributed by atoms with E-state index in [2.05, 4.69) is 15.5 Å². The van der Waals surface area contributed by atoms with Gasteiger partial charge in [-0.2, -0.15) is 4.31 Å². The van der Waals surface area contributed by atoms with Crippen LogP contribution in [0.4, 0.5) is 5.13 Å². The van der Waals surface area contributed by atoms with Gasteiger partial charge in [-0.05, 0) is 43.7 Å². The molecule has 0 unspecified atom stereocenters. The van der Waals surface area contributed by atoms with Crippen LogP contribution in [0.25, 0.3) is 0 Å². The second-order valence-electron chi connectivity index (χ2n) is 6.33. The Balaban J connectivity index is 1.85. The molecule has 3 rings (SSSR count). The number of nitrogens with zero attached hydrogens (tertiary/aromatic N) is 3. The van der Waals surface area contributed by atoms with E-state index in [0.29, 0.717) is 29.3 Å². The zero-order chi connectivity index (χ0) is 19.4. The van der Waals surface area contributed by atoms with E-state index in [1.807, 2.05) is 6.26 Å². The molecular weight excluding hydrogens is 404 g/mol. The van der Waals surface area contributed by atoms with Crippen molar-refractivity contribution in [2.24, 2.45) is 0 Å². The summed E-state index contributed by atoms with van der Waals surface area (Å²) in [6, 6.07) is 4.71. The Morgan fingerprint density at radius 1 is 1.19 bits per heavy atom. The van der Waals surface area contributed by atoms with Gasteiger partial charge in [-0.25, -0.2) is 8.42 Å². The number of nitrogens with one attached hydrogen (secondary N) is 1.